The zero-order chi connectivity index (χ0) is 14.6. The van der Waals surface area contributed by atoms with Crippen LogP contribution in [0.15, 0.2) is 16.6 Å². The van der Waals surface area contributed by atoms with Gasteiger partial charge in [-0.15, -0.1) is 0 Å². The number of anilines is 1. The van der Waals surface area contributed by atoms with E-state index in [-0.39, 0.29) is 30.2 Å². The first-order chi connectivity index (χ1) is 8.82. The van der Waals surface area contributed by atoms with E-state index in [1.807, 2.05) is 0 Å². The summed E-state index contributed by atoms with van der Waals surface area (Å²) >= 11 is 3.29. The molecule has 0 bridgehead atoms. The number of hydrogen-bond donors (Lipinski definition) is 4. The molecule has 0 spiro atoms. The van der Waals surface area contributed by atoms with Crippen LogP contribution < -0.4 is 11.1 Å². The first kappa shape index (κ1) is 15.5. The molecule has 0 saturated heterocycles. The number of hydrogen-bond acceptors (Lipinski definition) is 4. The summed E-state index contributed by atoms with van der Waals surface area (Å²) in [4.78, 5) is 21.7. The summed E-state index contributed by atoms with van der Waals surface area (Å²) in [6.45, 7) is 1.31. The number of nitrogens with two attached hydrogens (primary N) is 1. The van der Waals surface area contributed by atoms with Crippen LogP contribution in [0.5, 0.6) is 5.75 Å². The van der Waals surface area contributed by atoms with E-state index in [9.17, 15) is 14.7 Å². The van der Waals surface area contributed by atoms with Crippen LogP contribution in [0.4, 0.5) is 5.69 Å². The summed E-state index contributed by atoms with van der Waals surface area (Å²) < 4.78 is 0.604. The number of phenolic OH excluding ortho intramolecular Hbond substituents is 1. The second-order valence-corrected chi connectivity index (χ2v) is 4.93. The Hall–Kier alpha value is -1.60. The Morgan fingerprint density at radius 3 is 2.63 bits per heavy atom. The number of amides is 1. The fraction of sp³-hybridized carbons (Fsp3) is 0.333. The van der Waals surface area contributed by atoms with Crippen LogP contribution in [0.25, 0.3) is 0 Å². The Morgan fingerprint density at radius 1 is 1.47 bits per heavy atom. The van der Waals surface area contributed by atoms with Crippen LogP contribution >= 0.6 is 15.9 Å². The van der Waals surface area contributed by atoms with Gasteiger partial charge in [0, 0.05) is 29.4 Å². The van der Waals surface area contributed by atoms with Crippen molar-refractivity contribution in [3.05, 3.63) is 22.2 Å². The van der Waals surface area contributed by atoms with Crippen molar-refractivity contribution in [2.45, 2.75) is 25.8 Å². The molecule has 6 nitrogen and oxygen atoms in total. The van der Waals surface area contributed by atoms with Gasteiger partial charge in [0.15, 0.2) is 0 Å². The molecule has 0 aromatic heterocycles. The number of halogens is 1. The lowest BCUT2D eigenvalue weighted by Gasteiger charge is -2.19. The molecule has 0 aliphatic carbocycles. The quantitative estimate of drug-likeness (QED) is 0.616. The lowest BCUT2D eigenvalue weighted by atomic mass is 10.00. The summed E-state index contributed by atoms with van der Waals surface area (Å²) in [6.07, 6.45) is 0.104. The molecule has 0 heterocycles. The van der Waals surface area contributed by atoms with E-state index in [1.54, 1.807) is 6.07 Å². The number of aromatic hydroxyl groups is 1. The second-order valence-electron chi connectivity index (χ2n) is 4.08. The van der Waals surface area contributed by atoms with Crippen molar-refractivity contribution in [1.29, 1.82) is 0 Å². The van der Waals surface area contributed by atoms with Gasteiger partial charge < -0.3 is 21.3 Å². The van der Waals surface area contributed by atoms with E-state index in [1.165, 1.54) is 13.0 Å². The highest BCUT2D eigenvalue weighted by Crippen LogP contribution is 2.37. The summed E-state index contributed by atoms with van der Waals surface area (Å²) in [6, 6.07) is 2.40. The number of carboxylic acids is 1. The maximum atomic E-state index is 11.1. The number of phenols is 1. The molecule has 5 N–H and O–H groups in total. The first-order valence-electron chi connectivity index (χ1n) is 5.59. The molecule has 19 heavy (non-hydrogen) atoms. The molecule has 0 aliphatic heterocycles. The molecule has 1 aromatic carbocycles. The highest BCUT2D eigenvalue weighted by Gasteiger charge is 2.19. The normalized spacial score (nSPS) is 11.9. The SMILES string of the molecule is CC(=O)Nc1c(O)ccc(Br)c1C(N)CCC(=O)O. The van der Waals surface area contributed by atoms with Crippen LogP contribution in [0.1, 0.15) is 31.4 Å². The van der Waals surface area contributed by atoms with Crippen molar-refractivity contribution in [2.75, 3.05) is 5.32 Å². The lowest BCUT2D eigenvalue weighted by molar-refractivity contribution is -0.137. The van der Waals surface area contributed by atoms with E-state index in [0.717, 1.165) is 0 Å². The molecular formula is C12H15BrN2O4. The number of rotatable bonds is 5. The maximum absolute atomic E-state index is 11.1. The van der Waals surface area contributed by atoms with Crippen LogP contribution in [0.2, 0.25) is 0 Å². The largest absolute Gasteiger partial charge is 0.506 e. The van der Waals surface area contributed by atoms with Gasteiger partial charge in [0.1, 0.15) is 5.75 Å². The minimum absolute atomic E-state index is 0.0945. The third-order valence-corrected chi connectivity index (χ3v) is 3.20. The molecule has 1 amide bonds. The molecule has 0 radical (unpaired) electrons. The third-order valence-electron chi connectivity index (χ3n) is 2.51. The van der Waals surface area contributed by atoms with Gasteiger partial charge in [0.05, 0.1) is 5.69 Å². The van der Waals surface area contributed by atoms with E-state index in [2.05, 4.69) is 21.2 Å². The minimum atomic E-state index is -0.951. The Morgan fingerprint density at radius 2 is 2.11 bits per heavy atom. The van der Waals surface area contributed by atoms with Crippen LogP contribution in [-0.4, -0.2) is 22.1 Å². The number of nitrogens with one attached hydrogen (secondary N) is 1. The predicted molar refractivity (Wildman–Crippen MR) is 73.9 cm³/mol. The average Bonchev–Trinajstić information content (AvgIpc) is 2.30. The summed E-state index contributed by atoms with van der Waals surface area (Å²) in [5.41, 5.74) is 6.62. The number of aliphatic carboxylic acids is 1. The number of carboxylic acid groups (broad SMARTS) is 1. The topological polar surface area (TPSA) is 113 Å². The maximum Gasteiger partial charge on any atom is 0.303 e. The zero-order valence-corrected chi connectivity index (χ0v) is 11.9. The highest BCUT2D eigenvalue weighted by molar-refractivity contribution is 9.10. The van der Waals surface area contributed by atoms with Crippen LogP contribution in [0, 0.1) is 0 Å². The molecule has 0 saturated carbocycles. The fourth-order valence-corrected chi connectivity index (χ4v) is 2.30. The van der Waals surface area contributed by atoms with Gasteiger partial charge in [-0.05, 0) is 18.6 Å². The Labute approximate surface area is 118 Å². The molecule has 7 heteroatoms. The van der Waals surface area contributed by atoms with E-state index >= 15 is 0 Å². The van der Waals surface area contributed by atoms with Crippen molar-refractivity contribution >= 4 is 33.5 Å². The van der Waals surface area contributed by atoms with Gasteiger partial charge in [-0.2, -0.15) is 0 Å². The third kappa shape index (κ3) is 4.22. The first-order valence-corrected chi connectivity index (χ1v) is 6.38. The van der Waals surface area contributed by atoms with Crippen molar-refractivity contribution in [3.63, 3.8) is 0 Å². The summed E-state index contributed by atoms with van der Waals surface area (Å²) in [5.74, 6) is -1.41. The molecular weight excluding hydrogens is 316 g/mol. The fourth-order valence-electron chi connectivity index (χ4n) is 1.68. The predicted octanol–water partition coefficient (Wildman–Crippen LogP) is 1.98. The molecule has 1 rings (SSSR count). The van der Waals surface area contributed by atoms with Gasteiger partial charge in [-0.25, -0.2) is 0 Å². The average molecular weight is 331 g/mol. The van der Waals surface area contributed by atoms with Gasteiger partial charge in [-0.1, -0.05) is 15.9 Å². The Kier molecular flexibility index (Phi) is 5.31. The van der Waals surface area contributed by atoms with Crippen LogP contribution in [0.3, 0.4) is 0 Å². The van der Waals surface area contributed by atoms with Gasteiger partial charge in [0.25, 0.3) is 0 Å². The Bertz CT molecular complexity index is 505. The van der Waals surface area contributed by atoms with Crippen molar-refractivity contribution in [1.82, 2.24) is 0 Å². The molecule has 1 aromatic rings. The van der Waals surface area contributed by atoms with Crippen LogP contribution in [-0.2, 0) is 9.59 Å². The van der Waals surface area contributed by atoms with E-state index in [4.69, 9.17) is 10.8 Å². The molecule has 0 fully saturated rings. The molecule has 1 atom stereocenters. The number of benzene rings is 1. The highest BCUT2D eigenvalue weighted by atomic mass is 79.9. The smallest absolute Gasteiger partial charge is 0.303 e. The summed E-state index contributed by atoms with van der Waals surface area (Å²) in [7, 11) is 0. The van der Waals surface area contributed by atoms with E-state index < -0.39 is 12.0 Å². The zero-order valence-electron chi connectivity index (χ0n) is 10.3. The Balaban J connectivity index is 3.12. The number of carbonyl (C=O) groups is 2. The second kappa shape index (κ2) is 6.53. The van der Waals surface area contributed by atoms with E-state index in [0.29, 0.717) is 10.0 Å². The van der Waals surface area contributed by atoms with Gasteiger partial charge in [0.2, 0.25) is 5.91 Å². The standard InChI is InChI=1S/C12H15BrN2O4/c1-6(16)15-12-9(17)4-2-7(13)11(12)8(14)3-5-10(18)19/h2,4,8,17H,3,5,14H2,1H3,(H,15,16)(H,18,19). The molecule has 104 valence electrons. The van der Waals surface area contributed by atoms with Crippen molar-refractivity contribution in [3.8, 4) is 5.75 Å². The van der Waals surface area contributed by atoms with Crippen molar-refractivity contribution < 1.29 is 19.8 Å². The molecule has 0 aliphatic rings. The van der Waals surface area contributed by atoms with Gasteiger partial charge in [-0.3, -0.25) is 9.59 Å². The number of carbonyl (C=O) groups excluding carboxylic acids is 1. The minimum Gasteiger partial charge on any atom is -0.506 e. The monoisotopic (exact) mass is 330 g/mol. The lowest BCUT2D eigenvalue weighted by Crippen LogP contribution is -2.17. The van der Waals surface area contributed by atoms with Crippen molar-refractivity contribution in [2.24, 2.45) is 5.73 Å². The molecule has 1 unspecified atom stereocenters. The van der Waals surface area contributed by atoms with Gasteiger partial charge >= 0.3 is 5.97 Å². The summed E-state index contributed by atoms with van der Waals surface area (Å²) in [5, 5.41) is 20.9.